The molecule has 0 aliphatic carbocycles. The molecule has 3 aliphatic rings. The lowest BCUT2D eigenvalue weighted by Gasteiger charge is -2.31. The molecule has 1 aromatic carbocycles. The minimum atomic E-state index is -2.70. The number of amides is 2. The number of cyclic esters (lactones) is 1. The number of carbonyl (C=O) groups excluding carboxylic acids is 4. The van der Waals surface area contributed by atoms with Crippen LogP contribution in [-0.2, 0) is 44.9 Å². The number of ketones is 1. The molecule has 1 aromatic heterocycles. The van der Waals surface area contributed by atoms with Crippen molar-refractivity contribution in [3.8, 4) is 11.5 Å². The number of phenols is 2. The maximum atomic E-state index is 13.4. The number of carboxylic acid groups (broad SMARTS) is 2. The number of oxime groups is 1. The molecule has 1 unspecified atom stereocenters. The number of hydroxylamine groups is 2. The molecule has 45 heavy (non-hydrogen) atoms. The van der Waals surface area contributed by atoms with Crippen molar-refractivity contribution < 1.29 is 63.6 Å². The quantitative estimate of drug-likeness (QED) is 0.0969. The van der Waals surface area contributed by atoms with Crippen LogP contribution in [0.2, 0.25) is 0 Å². The Morgan fingerprint density at radius 2 is 1.89 bits per heavy atom. The largest absolute Gasteiger partial charge is 0.504 e. The smallest absolute Gasteiger partial charge is 0.372 e. The summed E-state index contributed by atoms with van der Waals surface area (Å²) in [5.74, 6) is -9.33. The predicted octanol–water partition coefficient (Wildman–Crippen LogP) is -0.178. The number of hydrogen-bond donors (Lipinski definition) is 5. The van der Waals surface area contributed by atoms with E-state index >= 15 is 0 Å². The van der Waals surface area contributed by atoms with Crippen LogP contribution in [0.3, 0.4) is 0 Å². The van der Waals surface area contributed by atoms with Crippen LogP contribution in [0.5, 0.6) is 11.5 Å². The summed E-state index contributed by atoms with van der Waals surface area (Å²) in [6.45, 7) is 1.63. The van der Waals surface area contributed by atoms with Crippen LogP contribution >= 0.6 is 11.3 Å². The number of phenolic OH excluding ortho intramolecular Hbond substituents is 2. The number of fused-ring (bicyclic) bond motifs is 1. The number of nitrogen functional groups attached to an aromatic ring is 1. The molecule has 2 saturated heterocycles. The van der Waals surface area contributed by atoms with E-state index in [0.29, 0.717) is 5.06 Å². The number of hydrogen-bond acceptors (Lipinski definition) is 15. The van der Waals surface area contributed by atoms with Gasteiger partial charge >= 0.3 is 23.6 Å². The summed E-state index contributed by atoms with van der Waals surface area (Å²) >= 11 is 0.957. The lowest BCUT2D eigenvalue weighted by Crippen LogP contribution is -2.55. The highest BCUT2D eigenvalue weighted by molar-refractivity contribution is 7.13. The van der Waals surface area contributed by atoms with E-state index in [-0.39, 0.29) is 28.5 Å². The number of anilines is 1. The Bertz CT molecular complexity index is 1690. The van der Waals surface area contributed by atoms with Gasteiger partial charge in [0.05, 0.1) is 18.9 Å². The monoisotopic (exact) mass is 647 g/mol. The van der Waals surface area contributed by atoms with Gasteiger partial charge in [-0.15, -0.1) is 11.3 Å². The summed E-state index contributed by atoms with van der Waals surface area (Å²) < 4.78 is 5.20. The van der Waals surface area contributed by atoms with Crippen LogP contribution in [0.25, 0.3) is 0 Å². The maximum Gasteiger partial charge on any atom is 0.372 e. The van der Waals surface area contributed by atoms with Crippen molar-refractivity contribution in [3.05, 3.63) is 34.3 Å². The second kappa shape index (κ2) is 11.0. The number of nitrogens with two attached hydrogens (primary N) is 1. The number of Topliss-reactive ketones (excluding diaryl/α,β-unsaturated/α-hetero) is 1. The molecular formula is C26H25N5O13S. The number of benzene rings is 1. The molecule has 19 heteroatoms. The van der Waals surface area contributed by atoms with Gasteiger partial charge in [0.1, 0.15) is 11.7 Å². The first-order chi connectivity index (χ1) is 21.1. The van der Waals surface area contributed by atoms with Crippen LogP contribution in [-0.4, -0.2) is 101 Å². The molecule has 4 heterocycles. The van der Waals surface area contributed by atoms with E-state index in [1.807, 2.05) is 0 Å². The minimum absolute atomic E-state index is 0.0203. The third kappa shape index (κ3) is 5.35. The minimum Gasteiger partial charge on any atom is -0.504 e. The van der Waals surface area contributed by atoms with Gasteiger partial charge in [-0.2, -0.15) is 5.06 Å². The molecule has 6 N–H and O–H groups in total. The molecule has 0 spiro atoms. The number of esters is 1. The fraction of sp³-hybridized carbons (Fsp3) is 0.385. The zero-order valence-corrected chi connectivity index (χ0v) is 24.3. The lowest BCUT2D eigenvalue weighted by molar-refractivity contribution is -0.256. The van der Waals surface area contributed by atoms with Crippen molar-refractivity contribution in [2.24, 2.45) is 11.1 Å². The summed E-state index contributed by atoms with van der Waals surface area (Å²) in [6, 6.07) is 0.649. The fourth-order valence-electron chi connectivity index (χ4n) is 4.86. The predicted molar refractivity (Wildman–Crippen MR) is 146 cm³/mol. The van der Waals surface area contributed by atoms with Gasteiger partial charge in [-0.3, -0.25) is 19.2 Å². The Balaban J connectivity index is 1.35. The second-order valence-corrected chi connectivity index (χ2v) is 11.7. The first-order valence-corrected chi connectivity index (χ1v) is 14.0. The Morgan fingerprint density at radius 1 is 1.20 bits per heavy atom. The van der Waals surface area contributed by atoms with Crippen LogP contribution < -0.4 is 5.73 Å². The molecule has 18 nitrogen and oxygen atoms in total. The highest BCUT2D eigenvalue weighted by Crippen LogP contribution is 2.41. The highest BCUT2D eigenvalue weighted by atomic mass is 32.1. The molecule has 238 valence electrons. The molecule has 2 fully saturated rings. The van der Waals surface area contributed by atoms with E-state index in [2.05, 4.69) is 10.1 Å². The van der Waals surface area contributed by atoms with Gasteiger partial charge in [0.25, 0.3) is 11.8 Å². The van der Waals surface area contributed by atoms with E-state index in [1.165, 1.54) is 19.2 Å². The van der Waals surface area contributed by atoms with E-state index < -0.39 is 95.5 Å². The normalized spacial score (nSPS) is 23.3. The van der Waals surface area contributed by atoms with Crippen molar-refractivity contribution in [3.63, 3.8) is 0 Å². The third-order valence-corrected chi connectivity index (χ3v) is 8.05. The number of aromatic hydroxyl groups is 2. The van der Waals surface area contributed by atoms with Crippen LogP contribution in [0.1, 0.15) is 48.3 Å². The lowest BCUT2D eigenvalue weighted by atomic mass is 9.98. The molecule has 5 rings (SSSR count). The zero-order valence-electron chi connectivity index (χ0n) is 23.5. The van der Waals surface area contributed by atoms with E-state index in [1.54, 1.807) is 0 Å². The molecule has 2 aromatic rings. The van der Waals surface area contributed by atoms with Crippen molar-refractivity contribution in [2.45, 2.75) is 50.6 Å². The Hall–Kier alpha value is -5.30. The van der Waals surface area contributed by atoms with Crippen LogP contribution in [0.15, 0.2) is 22.7 Å². The number of carboxylic acids is 2. The highest BCUT2D eigenvalue weighted by Gasteiger charge is 2.64. The SMILES string of the molecule is CC(C)(O/N=C(\C(=O)C[C@H]1CON(C2(C(=O)O)C[C@H](N3Cc4cc(O)c(O)cc4C3=O)C(=O)O2)C1=O)c1csc(N)n1)C(=O)O. The van der Waals surface area contributed by atoms with Crippen LogP contribution in [0, 0.1) is 5.92 Å². The number of nitrogens with zero attached hydrogens (tertiary/aromatic N) is 4. The number of carbonyl (C=O) groups is 6. The first kappa shape index (κ1) is 31.1. The maximum absolute atomic E-state index is 13.4. The van der Waals surface area contributed by atoms with Gasteiger partial charge in [0.2, 0.25) is 5.60 Å². The molecule has 0 radical (unpaired) electrons. The van der Waals surface area contributed by atoms with Gasteiger partial charge in [-0.1, -0.05) is 5.16 Å². The van der Waals surface area contributed by atoms with Crippen molar-refractivity contribution in [1.82, 2.24) is 14.9 Å². The molecule has 2 amide bonds. The molecule has 0 bridgehead atoms. The number of ether oxygens (including phenoxy) is 1. The third-order valence-electron chi connectivity index (χ3n) is 7.38. The topological polar surface area (TPSA) is 269 Å². The van der Waals surface area contributed by atoms with Crippen LogP contribution in [0.4, 0.5) is 5.13 Å². The van der Waals surface area contributed by atoms with E-state index in [4.69, 9.17) is 20.1 Å². The average molecular weight is 648 g/mol. The summed E-state index contributed by atoms with van der Waals surface area (Å²) in [4.78, 5) is 92.1. The average Bonchev–Trinajstić information content (AvgIpc) is 3.71. The molecule has 3 aliphatic heterocycles. The Morgan fingerprint density at radius 3 is 2.51 bits per heavy atom. The van der Waals surface area contributed by atoms with Gasteiger partial charge < -0.3 is 40.6 Å². The van der Waals surface area contributed by atoms with E-state index in [0.717, 1.165) is 28.4 Å². The number of thiazole rings is 1. The first-order valence-electron chi connectivity index (χ1n) is 13.1. The molecular weight excluding hydrogens is 622 g/mol. The summed E-state index contributed by atoms with van der Waals surface area (Å²) in [6.07, 6.45) is -1.36. The van der Waals surface area contributed by atoms with Gasteiger partial charge in [0.15, 0.2) is 28.1 Å². The van der Waals surface area contributed by atoms with Gasteiger partial charge in [0, 0.05) is 23.9 Å². The van der Waals surface area contributed by atoms with Crippen molar-refractivity contribution in [2.75, 3.05) is 12.3 Å². The van der Waals surface area contributed by atoms with Crippen molar-refractivity contribution in [1.29, 1.82) is 0 Å². The Kier molecular flexibility index (Phi) is 7.61. The molecule has 3 atom stereocenters. The summed E-state index contributed by atoms with van der Waals surface area (Å²) in [5.41, 5.74) is 0.849. The fourth-order valence-corrected chi connectivity index (χ4v) is 5.41. The van der Waals surface area contributed by atoms with Gasteiger partial charge in [-0.25, -0.2) is 19.4 Å². The molecule has 0 saturated carbocycles. The number of aromatic nitrogens is 1. The number of rotatable bonds is 10. The number of aliphatic carboxylic acids is 2. The Labute approximate surface area is 256 Å². The summed E-state index contributed by atoms with van der Waals surface area (Å²) in [7, 11) is 0. The van der Waals surface area contributed by atoms with E-state index in [9.17, 15) is 49.2 Å². The zero-order chi connectivity index (χ0) is 33.0. The van der Waals surface area contributed by atoms with Crippen molar-refractivity contribution >= 4 is 57.7 Å². The standard InChI is InChI=1S/C26H25N5O13S/c1-25(2,22(38)39)44-29-18(13-9-45-24(27)28-13)17(34)4-11-8-42-31(19(11)35)26(23(40)41)6-14(21(37)43-26)30-7-10-3-15(32)16(33)5-12(10)20(30)36/h3,5,9,11,14,32-33H,4,6-8H2,1-2H3,(H2,27,28)(H,38,39)(H,40,41)/b29-18-/t11-,14-,26?/m0/s1. The second-order valence-electron chi connectivity index (χ2n) is 10.8. The summed E-state index contributed by atoms with van der Waals surface area (Å²) in [5, 5.41) is 44.5. The van der Waals surface area contributed by atoms with Gasteiger partial charge in [-0.05, 0) is 31.5 Å².